The Balaban J connectivity index is 1.24. The van der Waals surface area contributed by atoms with Crippen molar-refractivity contribution >= 4 is 17.1 Å². The molecule has 3 heterocycles. The van der Waals surface area contributed by atoms with Gasteiger partial charge in [0.25, 0.3) is 0 Å². The van der Waals surface area contributed by atoms with Gasteiger partial charge in [-0.05, 0) is 68.8 Å². The number of nitrogens with zero attached hydrogens (tertiary/aromatic N) is 2. The first-order chi connectivity index (χ1) is 22.8. The second-order valence-corrected chi connectivity index (χ2v) is 12.4. The van der Waals surface area contributed by atoms with E-state index in [1.54, 1.807) is 0 Å². The first-order valence-corrected chi connectivity index (χ1v) is 15.9. The molecule has 6 aromatic carbocycles. The van der Waals surface area contributed by atoms with Crippen molar-refractivity contribution in [3.05, 3.63) is 192 Å². The second kappa shape index (κ2) is 9.53. The number of anilines is 3. The lowest BCUT2D eigenvalue weighted by Crippen LogP contribution is -2.38. The lowest BCUT2D eigenvalue weighted by atomic mass is 9.64. The van der Waals surface area contributed by atoms with E-state index in [0.29, 0.717) is 0 Å². The van der Waals surface area contributed by atoms with Crippen molar-refractivity contribution in [2.24, 2.45) is 0 Å². The minimum atomic E-state index is -0.420. The second-order valence-electron chi connectivity index (χ2n) is 12.4. The number of pyridine rings is 1. The molecule has 1 aromatic heterocycles. The maximum atomic E-state index is 5.38. The van der Waals surface area contributed by atoms with Crippen molar-refractivity contribution in [3.63, 3.8) is 0 Å². The molecule has 10 rings (SSSR count). The molecule has 7 aromatic rings. The number of fused-ring (bicyclic) bond motifs is 9. The molecule has 0 fully saturated rings. The van der Waals surface area contributed by atoms with Crippen molar-refractivity contribution in [2.45, 2.75) is 11.6 Å². The number of aromatic nitrogens is 1. The fourth-order valence-corrected chi connectivity index (χ4v) is 8.24. The third-order valence-corrected chi connectivity index (χ3v) is 10.1. The maximum absolute atomic E-state index is 5.38. The highest BCUT2D eigenvalue weighted by Crippen LogP contribution is 2.65. The number of nitrogens with one attached hydrogen (secondary N) is 1. The number of rotatable bonds is 3. The Kier molecular flexibility index (Phi) is 5.26. The molecule has 3 heteroatoms. The fraction of sp³-hybridized carbons (Fsp3) is 0.0465. The van der Waals surface area contributed by atoms with Gasteiger partial charge in [0, 0.05) is 11.3 Å². The van der Waals surface area contributed by atoms with Crippen molar-refractivity contribution in [1.82, 2.24) is 4.98 Å². The van der Waals surface area contributed by atoms with Crippen LogP contribution in [0.3, 0.4) is 0 Å². The third-order valence-electron chi connectivity index (χ3n) is 10.1. The molecule has 0 amide bonds. The molecule has 1 spiro atoms. The number of hydrogen-bond acceptors (Lipinski definition) is 3. The Bertz CT molecular complexity index is 2200. The van der Waals surface area contributed by atoms with Gasteiger partial charge in [0.1, 0.15) is 6.17 Å². The Morgan fingerprint density at radius 1 is 0.500 bits per heavy atom. The maximum Gasteiger partial charge on any atom is 0.147 e. The van der Waals surface area contributed by atoms with Gasteiger partial charge >= 0.3 is 0 Å². The largest absolute Gasteiger partial charge is 0.358 e. The van der Waals surface area contributed by atoms with Crippen molar-refractivity contribution in [2.75, 3.05) is 10.2 Å². The van der Waals surface area contributed by atoms with Crippen LogP contribution in [0.1, 0.15) is 34.1 Å². The van der Waals surface area contributed by atoms with Crippen molar-refractivity contribution in [1.29, 1.82) is 0 Å². The van der Waals surface area contributed by atoms with Gasteiger partial charge in [-0.2, -0.15) is 0 Å². The predicted octanol–water partition coefficient (Wildman–Crippen LogP) is 10.4. The fourth-order valence-electron chi connectivity index (χ4n) is 8.24. The summed E-state index contributed by atoms with van der Waals surface area (Å²) >= 11 is 0. The highest BCUT2D eigenvalue weighted by molar-refractivity contribution is 5.98. The van der Waals surface area contributed by atoms with Gasteiger partial charge in [0.15, 0.2) is 0 Å². The number of hydrogen-bond donors (Lipinski definition) is 1. The van der Waals surface area contributed by atoms with E-state index in [-0.39, 0.29) is 6.17 Å². The van der Waals surface area contributed by atoms with Gasteiger partial charge in [-0.1, -0.05) is 140 Å². The molecule has 0 bridgehead atoms. The van der Waals surface area contributed by atoms with Crippen LogP contribution in [0.5, 0.6) is 0 Å². The van der Waals surface area contributed by atoms with Crippen LogP contribution in [-0.2, 0) is 5.41 Å². The van der Waals surface area contributed by atoms with Crippen LogP contribution >= 0.6 is 0 Å². The standard InChI is InChI=1S/C43H29N3/c1-3-14-28(15-4-1)30-26-38(29-16-5-2-6-17-29)44-39(27-30)42-45-37-24-13-23-36-41(37)46(42)40-25-12-11-22-35(40)43(36)33-20-9-7-18-31(33)32-19-8-10-21-34(32)43/h1-27,42,45H. The van der Waals surface area contributed by atoms with E-state index in [4.69, 9.17) is 4.98 Å². The quantitative estimate of drug-likeness (QED) is 0.223. The van der Waals surface area contributed by atoms with Crippen LogP contribution in [0.15, 0.2) is 164 Å². The van der Waals surface area contributed by atoms with Crippen LogP contribution < -0.4 is 10.2 Å². The minimum Gasteiger partial charge on any atom is -0.358 e. The monoisotopic (exact) mass is 587 g/mol. The number of benzene rings is 6. The molecule has 46 heavy (non-hydrogen) atoms. The zero-order valence-corrected chi connectivity index (χ0v) is 25.1. The summed E-state index contributed by atoms with van der Waals surface area (Å²) in [7, 11) is 0. The average Bonchev–Trinajstić information content (AvgIpc) is 3.67. The van der Waals surface area contributed by atoms with Crippen molar-refractivity contribution in [3.8, 4) is 33.5 Å². The average molecular weight is 588 g/mol. The SMILES string of the molecule is c1ccc(-c2cc(-c3ccccc3)nc(C3Nc4cccc5c4N3c3ccccc3C53c4ccccc4-c4ccccc43)c2)cc1. The molecule has 216 valence electrons. The predicted molar refractivity (Wildman–Crippen MR) is 187 cm³/mol. The smallest absolute Gasteiger partial charge is 0.147 e. The molecule has 0 radical (unpaired) electrons. The van der Waals surface area contributed by atoms with Gasteiger partial charge in [-0.3, -0.25) is 0 Å². The van der Waals surface area contributed by atoms with Crippen LogP contribution in [-0.4, -0.2) is 4.98 Å². The lowest BCUT2D eigenvalue weighted by Gasteiger charge is -2.44. The molecular weight excluding hydrogens is 558 g/mol. The molecule has 0 saturated heterocycles. The Hall–Kier alpha value is -5.93. The van der Waals surface area contributed by atoms with Gasteiger partial charge in [0.05, 0.1) is 28.2 Å². The van der Waals surface area contributed by atoms with E-state index in [2.05, 4.69) is 174 Å². The van der Waals surface area contributed by atoms with E-state index in [1.807, 2.05) is 0 Å². The molecule has 3 nitrogen and oxygen atoms in total. The first kappa shape index (κ1) is 25.4. The van der Waals surface area contributed by atoms with Gasteiger partial charge in [-0.15, -0.1) is 0 Å². The summed E-state index contributed by atoms with van der Waals surface area (Å²) < 4.78 is 0. The molecule has 3 aliphatic rings. The lowest BCUT2D eigenvalue weighted by molar-refractivity contribution is 0.712. The first-order valence-electron chi connectivity index (χ1n) is 15.9. The summed E-state index contributed by atoms with van der Waals surface area (Å²) in [4.78, 5) is 7.88. The Labute approximate surface area is 268 Å². The van der Waals surface area contributed by atoms with Crippen LogP contribution in [0.4, 0.5) is 17.1 Å². The minimum absolute atomic E-state index is 0.187. The van der Waals surface area contributed by atoms with E-state index in [9.17, 15) is 0 Å². The molecule has 2 aliphatic heterocycles. The van der Waals surface area contributed by atoms with Crippen LogP contribution in [0.25, 0.3) is 33.5 Å². The van der Waals surface area contributed by atoms with E-state index in [0.717, 1.165) is 28.2 Å². The summed E-state index contributed by atoms with van der Waals surface area (Å²) in [6.45, 7) is 0. The molecule has 1 aliphatic carbocycles. The summed E-state index contributed by atoms with van der Waals surface area (Å²) in [6.07, 6.45) is -0.187. The van der Waals surface area contributed by atoms with Gasteiger partial charge in [0.2, 0.25) is 0 Å². The van der Waals surface area contributed by atoms with Gasteiger partial charge in [-0.25, -0.2) is 4.98 Å². The van der Waals surface area contributed by atoms with E-state index in [1.165, 1.54) is 50.3 Å². The summed E-state index contributed by atoms with van der Waals surface area (Å²) in [5, 5.41) is 3.95. The van der Waals surface area contributed by atoms with Crippen LogP contribution in [0.2, 0.25) is 0 Å². The third kappa shape index (κ3) is 3.34. The summed E-state index contributed by atoms with van der Waals surface area (Å²) in [5.74, 6) is 0. The van der Waals surface area contributed by atoms with Gasteiger partial charge < -0.3 is 10.2 Å². The zero-order chi connectivity index (χ0) is 30.2. The highest BCUT2D eigenvalue weighted by Gasteiger charge is 2.54. The van der Waals surface area contributed by atoms with E-state index >= 15 is 0 Å². The van der Waals surface area contributed by atoms with Crippen LogP contribution in [0, 0.1) is 0 Å². The molecular formula is C43H29N3. The summed E-state index contributed by atoms with van der Waals surface area (Å²) in [5.41, 5.74) is 16.5. The Morgan fingerprint density at radius 3 is 1.80 bits per heavy atom. The Morgan fingerprint density at radius 2 is 1.09 bits per heavy atom. The zero-order valence-electron chi connectivity index (χ0n) is 25.1. The highest BCUT2D eigenvalue weighted by atomic mass is 15.4. The molecule has 1 unspecified atom stereocenters. The molecule has 1 atom stereocenters. The normalized spacial score (nSPS) is 15.9. The number of para-hydroxylation sites is 2. The molecule has 1 N–H and O–H groups in total. The van der Waals surface area contributed by atoms with Crippen molar-refractivity contribution < 1.29 is 0 Å². The topological polar surface area (TPSA) is 28.2 Å². The summed E-state index contributed by atoms with van der Waals surface area (Å²) in [6, 6.07) is 59.3. The van der Waals surface area contributed by atoms with E-state index < -0.39 is 5.41 Å². The molecule has 0 saturated carbocycles.